The maximum atomic E-state index is 13.2. The number of ether oxygens (including phenoxy) is 2. The molecule has 32 heavy (non-hydrogen) atoms. The fourth-order valence-corrected chi connectivity index (χ4v) is 6.06. The number of halogens is 1. The minimum atomic E-state index is 0.0734. The van der Waals surface area contributed by atoms with Gasteiger partial charge in [0.1, 0.15) is 5.75 Å². The summed E-state index contributed by atoms with van der Waals surface area (Å²) in [6, 6.07) is 11.8. The van der Waals surface area contributed by atoms with Crippen molar-refractivity contribution < 1.29 is 14.3 Å². The van der Waals surface area contributed by atoms with Gasteiger partial charge in [0.2, 0.25) is 5.91 Å². The van der Waals surface area contributed by atoms with Crippen LogP contribution < -0.4 is 9.64 Å². The van der Waals surface area contributed by atoms with Crippen LogP contribution in [0.1, 0.15) is 31.2 Å². The Kier molecular flexibility index (Phi) is 7.94. The van der Waals surface area contributed by atoms with E-state index in [0.717, 1.165) is 58.3 Å². The largest absolute Gasteiger partial charge is 0.497 e. The Labute approximate surface area is 202 Å². The van der Waals surface area contributed by atoms with E-state index in [4.69, 9.17) is 26.1 Å². The van der Waals surface area contributed by atoms with E-state index in [-0.39, 0.29) is 12.0 Å². The van der Waals surface area contributed by atoms with Crippen LogP contribution in [-0.4, -0.2) is 43.0 Å². The average Bonchev–Trinajstić information content (AvgIpc) is 3.45. The molecule has 1 amide bonds. The summed E-state index contributed by atoms with van der Waals surface area (Å²) in [5.41, 5.74) is 1.94. The molecule has 1 saturated heterocycles. The van der Waals surface area contributed by atoms with Crippen molar-refractivity contribution in [1.29, 1.82) is 0 Å². The zero-order valence-corrected chi connectivity index (χ0v) is 20.7. The van der Waals surface area contributed by atoms with Crippen molar-refractivity contribution in [2.75, 3.05) is 30.9 Å². The maximum Gasteiger partial charge on any atom is 0.228 e. The monoisotopic (exact) mass is 490 g/mol. The fraction of sp³-hybridized carbons (Fsp3) is 0.417. The molecular weight excluding hydrogens is 464 g/mol. The number of carbonyl (C=O) groups is 1. The van der Waals surface area contributed by atoms with Gasteiger partial charge in [-0.1, -0.05) is 22.9 Å². The number of benzene rings is 2. The second kappa shape index (κ2) is 10.9. The molecule has 1 aliphatic heterocycles. The van der Waals surface area contributed by atoms with E-state index < -0.39 is 0 Å². The summed E-state index contributed by atoms with van der Waals surface area (Å²) in [5, 5.41) is 1.42. The quantitative estimate of drug-likeness (QED) is 0.258. The molecule has 1 aromatic heterocycles. The van der Waals surface area contributed by atoms with E-state index in [2.05, 4.69) is 0 Å². The summed E-state index contributed by atoms with van der Waals surface area (Å²) < 4.78 is 12.0. The normalized spacial score (nSPS) is 15.9. The lowest BCUT2D eigenvalue weighted by molar-refractivity contribution is -0.119. The van der Waals surface area contributed by atoms with Gasteiger partial charge in [0.25, 0.3) is 0 Å². The fourth-order valence-electron chi connectivity index (χ4n) is 3.76. The molecule has 2 aromatic carbocycles. The molecule has 1 aliphatic rings. The standard InChI is InChI=1S/C24H27ClN2O3S2/c1-16-13-17(25)14-21-23(16)26-24(32-21)27(15-19-5-3-11-30-19)22(28)6-4-12-31-20-9-7-18(29-2)8-10-20/h7-10,13-14,19H,3-6,11-12,15H2,1-2H3. The molecule has 1 unspecified atom stereocenters. The van der Waals surface area contributed by atoms with Gasteiger partial charge in [-0.15, -0.1) is 11.8 Å². The molecule has 0 bridgehead atoms. The predicted molar refractivity (Wildman–Crippen MR) is 134 cm³/mol. The van der Waals surface area contributed by atoms with Crippen LogP contribution in [0.25, 0.3) is 10.2 Å². The highest BCUT2D eigenvalue weighted by atomic mass is 35.5. The summed E-state index contributed by atoms with van der Waals surface area (Å²) >= 11 is 9.51. The van der Waals surface area contributed by atoms with Crippen molar-refractivity contribution >= 4 is 56.0 Å². The van der Waals surface area contributed by atoms with Crippen LogP contribution in [0.15, 0.2) is 41.3 Å². The number of rotatable bonds is 9. The average molecular weight is 491 g/mol. The number of thioether (sulfide) groups is 1. The highest BCUT2D eigenvalue weighted by Gasteiger charge is 2.26. The zero-order valence-electron chi connectivity index (χ0n) is 18.3. The van der Waals surface area contributed by atoms with Gasteiger partial charge >= 0.3 is 0 Å². The van der Waals surface area contributed by atoms with Gasteiger partial charge in [0.05, 0.1) is 30.0 Å². The Hall–Kier alpha value is -1.80. The van der Waals surface area contributed by atoms with Gasteiger partial charge in [-0.2, -0.15) is 0 Å². The van der Waals surface area contributed by atoms with Gasteiger partial charge in [0, 0.05) is 22.9 Å². The number of aryl methyl sites for hydroxylation is 1. The number of carbonyl (C=O) groups excluding carboxylic acids is 1. The van der Waals surface area contributed by atoms with Gasteiger partial charge in [0.15, 0.2) is 5.13 Å². The van der Waals surface area contributed by atoms with Crippen molar-refractivity contribution in [3.63, 3.8) is 0 Å². The smallest absolute Gasteiger partial charge is 0.228 e. The molecule has 0 radical (unpaired) electrons. The molecule has 0 aliphatic carbocycles. The van der Waals surface area contributed by atoms with E-state index in [9.17, 15) is 4.79 Å². The van der Waals surface area contributed by atoms with E-state index >= 15 is 0 Å². The number of anilines is 1. The van der Waals surface area contributed by atoms with E-state index in [1.807, 2.05) is 48.2 Å². The lowest BCUT2D eigenvalue weighted by atomic mass is 10.2. The number of hydrogen-bond acceptors (Lipinski definition) is 6. The molecule has 3 aromatic rings. The molecule has 0 N–H and O–H groups in total. The van der Waals surface area contributed by atoms with Crippen LogP contribution in [0, 0.1) is 6.92 Å². The number of thiazole rings is 1. The third-order valence-corrected chi connectivity index (χ3v) is 7.79. The minimum absolute atomic E-state index is 0.0734. The lowest BCUT2D eigenvalue weighted by Gasteiger charge is -2.23. The molecule has 5 nitrogen and oxygen atoms in total. The summed E-state index contributed by atoms with van der Waals surface area (Å²) in [4.78, 5) is 21.0. The second-order valence-electron chi connectivity index (χ2n) is 7.83. The molecule has 8 heteroatoms. The number of nitrogens with zero attached hydrogens (tertiary/aromatic N) is 2. The van der Waals surface area contributed by atoms with Crippen LogP contribution in [0.3, 0.4) is 0 Å². The van der Waals surface area contributed by atoms with Crippen molar-refractivity contribution in [3.8, 4) is 5.75 Å². The van der Waals surface area contributed by atoms with Crippen molar-refractivity contribution in [3.05, 3.63) is 47.0 Å². The molecule has 2 heterocycles. The molecule has 0 saturated carbocycles. The van der Waals surface area contributed by atoms with Crippen LogP contribution in [-0.2, 0) is 9.53 Å². The third kappa shape index (κ3) is 5.76. The van der Waals surface area contributed by atoms with Gasteiger partial charge in [-0.05, 0) is 73.9 Å². The Morgan fingerprint density at radius 3 is 2.88 bits per heavy atom. The number of fused-ring (bicyclic) bond motifs is 1. The van der Waals surface area contributed by atoms with Gasteiger partial charge in [-0.3, -0.25) is 9.69 Å². The third-order valence-electron chi connectivity index (χ3n) is 5.44. The Morgan fingerprint density at radius 1 is 1.34 bits per heavy atom. The first-order chi connectivity index (χ1) is 15.5. The number of hydrogen-bond donors (Lipinski definition) is 0. The van der Waals surface area contributed by atoms with E-state index in [1.54, 1.807) is 18.9 Å². The molecular formula is C24H27ClN2O3S2. The highest BCUT2D eigenvalue weighted by molar-refractivity contribution is 7.99. The van der Waals surface area contributed by atoms with Gasteiger partial charge in [-0.25, -0.2) is 4.98 Å². The van der Waals surface area contributed by atoms with Crippen LogP contribution >= 0.6 is 34.7 Å². The zero-order chi connectivity index (χ0) is 22.5. The summed E-state index contributed by atoms with van der Waals surface area (Å²) in [6.07, 6.45) is 3.37. The van der Waals surface area contributed by atoms with Gasteiger partial charge < -0.3 is 9.47 Å². The van der Waals surface area contributed by atoms with E-state index in [0.29, 0.717) is 18.0 Å². The van der Waals surface area contributed by atoms with Crippen LogP contribution in [0.5, 0.6) is 5.75 Å². The SMILES string of the molecule is COc1ccc(SCCCC(=O)N(CC2CCCO2)c2nc3c(C)cc(Cl)cc3s2)cc1. The Bertz CT molecular complexity index is 1070. The van der Waals surface area contributed by atoms with Crippen molar-refractivity contribution in [2.45, 2.75) is 43.6 Å². The molecule has 1 fully saturated rings. The first kappa shape index (κ1) is 23.4. The summed E-state index contributed by atoms with van der Waals surface area (Å²) in [6.45, 7) is 3.32. The van der Waals surface area contributed by atoms with Crippen LogP contribution in [0.2, 0.25) is 5.02 Å². The first-order valence-electron chi connectivity index (χ1n) is 10.8. The second-order valence-corrected chi connectivity index (χ2v) is 10.4. The Morgan fingerprint density at radius 2 is 2.16 bits per heavy atom. The summed E-state index contributed by atoms with van der Waals surface area (Å²) in [7, 11) is 1.66. The molecule has 1 atom stereocenters. The molecule has 0 spiro atoms. The number of methoxy groups -OCH3 is 1. The molecule has 170 valence electrons. The topological polar surface area (TPSA) is 51.7 Å². The highest BCUT2D eigenvalue weighted by Crippen LogP contribution is 2.34. The van der Waals surface area contributed by atoms with Crippen LogP contribution in [0.4, 0.5) is 5.13 Å². The molecule has 4 rings (SSSR count). The number of amides is 1. The minimum Gasteiger partial charge on any atom is -0.497 e. The first-order valence-corrected chi connectivity index (χ1v) is 13.0. The lowest BCUT2D eigenvalue weighted by Crippen LogP contribution is -2.37. The number of aromatic nitrogens is 1. The van der Waals surface area contributed by atoms with E-state index in [1.165, 1.54) is 16.2 Å². The predicted octanol–water partition coefficient (Wildman–Crippen LogP) is 6.35. The van der Waals surface area contributed by atoms with Crippen molar-refractivity contribution in [2.24, 2.45) is 0 Å². The Balaban J connectivity index is 1.42. The van der Waals surface area contributed by atoms with Crippen molar-refractivity contribution in [1.82, 2.24) is 4.98 Å². The summed E-state index contributed by atoms with van der Waals surface area (Å²) in [5.74, 6) is 1.82. The maximum absolute atomic E-state index is 13.2.